The van der Waals surface area contributed by atoms with Gasteiger partial charge in [0.1, 0.15) is 18.3 Å². The van der Waals surface area contributed by atoms with Crippen LogP contribution in [-0.2, 0) is 4.74 Å². The number of ether oxygens (including phenoxy) is 1. The molecule has 0 saturated carbocycles. The highest BCUT2D eigenvalue weighted by Crippen LogP contribution is 2.27. The summed E-state index contributed by atoms with van der Waals surface area (Å²) in [5.74, 6) is 0. The first-order chi connectivity index (χ1) is 8.04. The van der Waals surface area contributed by atoms with E-state index in [0.717, 1.165) is 16.8 Å². The molecule has 4 N–H and O–H groups in total. The number of hydrogen-bond donors (Lipinski definition) is 4. The lowest BCUT2D eigenvalue weighted by Crippen LogP contribution is -2.37. The highest BCUT2D eigenvalue weighted by molar-refractivity contribution is 4.92. The van der Waals surface area contributed by atoms with Crippen molar-refractivity contribution in [3.8, 4) is 0 Å². The van der Waals surface area contributed by atoms with Crippen LogP contribution in [-0.4, -0.2) is 49.8 Å². The van der Waals surface area contributed by atoms with E-state index in [1.54, 1.807) is 0 Å². The molecule has 1 aromatic rings. The van der Waals surface area contributed by atoms with E-state index in [1.165, 1.54) is 0 Å². The predicted molar refractivity (Wildman–Crippen MR) is 54.3 cm³/mol. The van der Waals surface area contributed by atoms with Crippen LogP contribution in [0, 0.1) is 0 Å². The maximum atomic E-state index is 11.4. The van der Waals surface area contributed by atoms with Crippen molar-refractivity contribution in [1.82, 2.24) is 9.55 Å². The third kappa shape index (κ3) is 2.03. The van der Waals surface area contributed by atoms with Crippen LogP contribution in [0.25, 0.3) is 0 Å². The van der Waals surface area contributed by atoms with E-state index in [1.807, 2.05) is 4.98 Å². The molecule has 8 nitrogen and oxygen atoms in total. The second-order valence-electron chi connectivity index (χ2n) is 3.75. The molecular formula is C9H12N2O6. The number of nitrogens with zero attached hydrogens (tertiary/aromatic N) is 1. The van der Waals surface area contributed by atoms with Gasteiger partial charge in [0.15, 0.2) is 6.23 Å². The summed E-state index contributed by atoms with van der Waals surface area (Å²) in [7, 11) is 0. The quantitative estimate of drug-likeness (QED) is 0.418. The fraction of sp³-hybridized carbons (Fsp3) is 0.556. The summed E-state index contributed by atoms with van der Waals surface area (Å²) in [6.07, 6.45) is -3.58. The summed E-state index contributed by atoms with van der Waals surface area (Å²) in [6.45, 7) is -0.479. The topological polar surface area (TPSA) is 125 Å². The normalized spacial score (nSPS) is 32.9. The van der Waals surface area contributed by atoms with Crippen molar-refractivity contribution in [2.75, 3.05) is 6.61 Å². The molecule has 0 spiro atoms. The van der Waals surface area contributed by atoms with Gasteiger partial charge in [0.25, 0.3) is 5.56 Å². The highest BCUT2D eigenvalue weighted by atomic mass is 16.8. The first kappa shape index (κ1) is 12.0. The van der Waals surface area contributed by atoms with Gasteiger partial charge in [-0.3, -0.25) is 14.3 Å². The fourth-order valence-electron chi connectivity index (χ4n) is 1.74. The third-order valence-corrected chi connectivity index (χ3v) is 2.64. The smallest absolute Gasteiger partial charge is 0.330 e. The van der Waals surface area contributed by atoms with Gasteiger partial charge in [-0.15, -0.1) is 0 Å². The first-order valence-electron chi connectivity index (χ1n) is 4.98. The van der Waals surface area contributed by atoms with Gasteiger partial charge in [-0.1, -0.05) is 0 Å². The summed E-state index contributed by atoms with van der Waals surface area (Å²) < 4.78 is 6.08. The van der Waals surface area contributed by atoms with Crippen molar-refractivity contribution in [2.24, 2.45) is 0 Å². The second-order valence-corrected chi connectivity index (χ2v) is 3.75. The van der Waals surface area contributed by atoms with Crippen LogP contribution in [0.15, 0.2) is 21.9 Å². The number of H-pyrrole nitrogens is 1. The van der Waals surface area contributed by atoms with Gasteiger partial charge in [-0.05, 0) is 0 Å². The third-order valence-electron chi connectivity index (χ3n) is 2.64. The number of rotatable bonds is 2. The van der Waals surface area contributed by atoms with E-state index < -0.39 is 42.4 Å². The van der Waals surface area contributed by atoms with Crippen LogP contribution in [0.5, 0.6) is 0 Å². The Balaban J connectivity index is 2.35. The van der Waals surface area contributed by atoms with Crippen LogP contribution < -0.4 is 11.2 Å². The van der Waals surface area contributed by atoms with Crippen molar-refractivity contribution >= 4 is 0 Å². The average molecular weight is 249 g/mol. The Morgan fingerprint density at radius 3 is 2.59 bits per heavy atom. The minimum atomic E-state index is -1.35. The molecule has 0 amide bonds. The molecular weight excluding hydrogens is 237 g/mol. The molecule has 4 atom stereocenters. The zero-order valence-corrected chi connectivity index (χ0v) is 8.68. The lowest BCUT2D eigenvalue weighted by Gasteiger charge is -2.16. The van der Waals surface area contributed by atoms with E-state index in [9.17, 15) is 19.8 Å². The Hall–Kier alpha value is -1.48. The SMILES string of the molecule is O=c1ccn([13C@@H]2O[13C@H]([13CH2]O)[13C@@H](O)[13C@@H]2O)c(=O)[nH]1. The van der Waals surface area contributed by atoms with E-state index in [-0.39, 0.29) is 0 Å². The number of aromatic nitrogens is 2. The second kappa shape index (κ2) is 4.41. The maximum absolute atomic E-state index is 11.4. The molecule has 1 aromatic heterocycles. The van der Waals surface area contributed by atoms with Crippen LogP contribution in [0.2, 0.25) is 0 Å². The summed E-state index contributed by atoms with van der Waals surface area (Å²) in [6, 6.07) is 1.09. The summed E-state index contributed by atoms with van der Waals surface area (Å²) >= 11 is 0. The zero-order chi connectivity index (χ0) is 12.6. The minimum absolute atomic E-state index is 0.479. The number of hydrogen-bond acceptors (Lipinski definition) is 6. The summed E-state index contributed by atoms with van der Waals surface area (Å²) in [4.78, 5) is 24.3. The Labute approximate surface area is 94.7 Å². The number of aliphatic hydroxyl groups excluding tert-OH is 3. The predicted octanol–water partition coefficient (Wildman–Crippen LogP) is -2.85. The Kier molecular flexibility index (Phi) is 3.11. The molecule has 0 bridgehead atoms. The molecule has 0 aliphatic carbocycles. The standard InChI is InChI=1S/C9H12N2O6/c12-3-4-6(14)7(15)8(17-4)11-2-1-5(13)10-9(11)16/h1-2,4,6-8,12,14-15H,3H2,(H,10,13,16)/t4-,6-,7+,8-/m1/s1/i3+1,4+1,6+1,7+1,8+1. The highest BCUT2D eigenvalue weighted by Gasteiger charge is 2.43. The Bertz CT molecular complexity index is 509. The van der Waals surface area contributed by atoms with Gasteiger partial charge in [-0.25, -0.2) is 4.79 Å². The van der Waals surface area contributed by atoms with Gasteiger partial charge in [0.2, 0.25) is 0 Å². The molecule has 8 heteroatoms. The van der Waals surface area contributed by atoms with Gasteiger partial charge >= 0.3 is 5.69 Å². The number of aliphatic hydroxyl groups is 3. The largest absolute Gasteiger partial charge is 0.394 e. The van der Waals surface area contributed by atoms with Crippen molar-refractivity contribution < 1.29 is 20.1 Å². The molecule has 1 fully saturated rings. The van der Waals surface area contributed by atoms with Crippen molar-refractivity contribution in [1.29, 1.82) is 0 Å². The van der Waals surface area contributed by atoms with E-state index in [2.05, 4.69) is 0 Å². The molecule has 1 aliphatic rings. The van der Waals surface area contributed by atoms with Crippen molar-refractivity contribution in [3.63, 3.8) is 0 Å². The lowest BCUT2D eigenvalue weighted by atomic mass is 10.6. The lowest BCUT2D eigenvalue weighted by molar-refractivity contribution is -0.0550. The molecule has 1 aliphatic heterocycles. The van der Waals surface area contributed by atoms with Gasteiger partial charge in [0.05, 0.1) is 6.61 Å². The summed E-state index contributed by atoms with van der Waals surface area (Å²) in [5.41, 5.74) is -1.33. The first-order valence-corrected chi connectivity index (χ1v) is 4.98. The number of aromatic amines is 1. The van der Waals surface area contributed by atoms with E-state index >= 15 is 0 Å². The van der Waals surface area contributed by atoms with Gasteiger partial charge < -0.3 is 20.1 Å². The van der Waals surface area contributed by atoms with Crippen LogP contribution in [0.4, 0.5) is 0 Å². The monoisotopic (exact) mass is 249 g/mol. The van der Waals surface area contributed by atoms with Crippen molar-refractivity contribution in [2.45, 2.75) is 24.5 Å². The Morgan fingerprint density at radius 1 is 1.35 bits per heavy atom. The van der Waals surface area contributed by atoms with Crippen LogP contribution >= 0.6 is 0 Å². The molecule has 17 heavy (non-hydrogen) atoms. The molecule has 1 saturated heterocycles. The fourth-order valence-corrected chi connectivity index (χ4v) is 1.74. The average Bonchev–Trinajstić information content (AvgIpc) is 2.57. The van der Waals surface area contributed by atoms with Crippen LogP contribution in [0.3, 0.4) is 0 Å². The van der Waals surface area contributed by atoms with Crippen LogP contribution in [0.1, 0.15) is 6.23 Å². The maximum Gasteiger partial charge on any atom is 0.330 e. The summed E-state index contributed by atoms with van der Waals surface area (Å²) in [5, 5.41) is 28.1. The Morgan fingerprint density at radius 2 is 2.06 bits per heavy atom. The molecule has 0 radical (unpaired) electrons. The van der Waals surface area contributed by atoms with Gasteiger partial charge in [-0.2, -0.15) is 0 Å². The van der Waals surface area contributed by atoms with E-state index in [4.69, 9.17) is 9.84 Å². The minimum Gasteiger partial charge on any atom is -0.394 e. The molecule has 0 unspecified atom stereocenters. The zero-order valence-electron chi connectivity index (χ0n) is 8.68. The van der Waals surface area contributed by atoms with Gasteiger partial charge in [0, 0.05) is 12.3 Å². The molecule has 2 rings (SSSR count). The molecule has 0 aromatic carbocycles. The van der Waals surface area contributed by atoms with Crippen molar-refractivity contribution in [3.05, 3.63) is 33.1 Å². The molecule has 2 heterocycles. The number of nitrogens with one attached hydrogen (secondary N) is 1. The molecule has 94 valence electrons. The van der Waals surface area contributed by atoms with E-state index in [0.29, 0.717) is 0 Å².